The maximum Gasteiger partial charge on any atom is 0.0223 e. The van der Waals surface area contributed by atoms with Gasteiger partial charge in [-0.1, -0.05) is 0 Å². The third-order valence-corrected chi connectivity index (χ3v) is 7.32. The van der Waals surface area contributed by atoms with Crippen LogP contribution in [-0.4, -0.2) is 28.6 Å². The summed E-state index contributed by atoms with van der Waals surface area (Å²) >= 11 is 0. The fraction of sp³-hybridized carbons (Fsp3) is 1.00. The van der Waals surface area contributed by atoms with Gasteiger partial charge in [-0.3, -0.25) is 4.90 Å². The predicted molar refractivity (Wildman–Crippen MR) is 76.8 cm³/mol. The van der Waals surface area contributed by atoms with Gasteiger partial charge in [0.2, 0.25) is 0 Å². The van der Waals surface area contributed by atoms with Crippen LogP contribution in [0.4, 0.5) is 0 Å². The summed E-state index contributed by atoms with van der Waals surface area (Å²) in [6, 6.07) is 2.21. The molecule has 6 aliphatic rings. The number of hydrogen-bond acceptors (Lipinski definition) is 2. The number of nitrogens with zero attached hydrogens (tertiary/aromatic N) is 1. The fourth-order valence-corrected chi connectivity index (χ4v) is 7.37. The molecule has 0 spiro atoms. The third-order valence-electron chi connectivity index (χ3n) is 7.32. The Kier molecular flexibility index (Phi) is 2.29. The number of rotatable bonds is 1. The van der Waals surface area contributed by atoms with E-state index in [1.54, 1.807) is 38.5 Å². The quantitative estimate of drug-likeness (QED) is 0.785. The number of piperidine rings is 1. The van der Waals surface area contributed by atoms with Crippen molar-refractivity contribution in [3.8, 4) is 0 Å². The fourth-order valence-electron chi connectivity index (χ4n) is 7.37. The molecule has 0 aromatic carbocycles. The zero-order chi connectivity index (χ0) is 12.6. The van der Waals surface area contributed by atoms with Gasteiger partial charge in [0.15, 0.2) is 0 Å². The Labute approximate surface area is 117 Å². The summed E-state index contributed by atoms with van der Waals surface area (Å²) in [4.78, 5) is 3.06. The first-order valence-electron chi connectivity index (χ1n) is 8.76. The van der Waals surface area contributed by atoms with Crippen LogP contribution >= 0.6 is 0 Å². The molecule has 4 saturated carbocycles. The number of fused-ring (bicyclic) bond motifs is 2. The van der Waals surface area contributed by atoms with Crippen molar-refractivity contribution in [1.82, 2.24) is 4.90 Å². The molecule has 2 unspecified atom stereocenters. The summed E-state index contributed by atoms with van der Waals surface area (Å²) in [6.45, 7) is 0. The van der Waals surface area contributed by atoms with Crippen molar-refractivity contribution in [2.24, 2.45) is 23.5 Å². The van der Waals surface area contributed by atoms with Gasteiger partial charge >= 0.3 is 0 Å². The monoisotopic (exact) mass is 260 g/mol. The highest BCUT2D eigenvalue weighted by atomic mass is 15.3. The summed E-state index contributed by atoms with van der Waals surface area (Å²) in [5, 5.41) is 0. The average molecular weight is 260 g/mol. The van der Waals surface area contributed by atoms with Gasteiger partial charge in [0.05, 0.1) is 0 Å². The normalized spacial score (nSPS) is 59.8. The van der Waals surface area contributed by atoms with Gasteiger partial charge in [-0.2, -0.15) is 0 Å². The van der Waals surface area contributed by atoms with Gasteiger partial charge in [-0.25, -0.2) is 0 Å². The minimum absolute atomic E-state index is 0.502. The first-order chi connectivity index (χ1) is 9.22. The first-order valence-corrected chi connectivity index (χ1v) is 8.76. The van der Waals surface area contributed by atoms with Crippen LogP contribution in [0.15, 0.2) is 0 Å². The molecule has 2 nitrogen and oxygen atoms in total. The highest BCUT2D eigenvalue weighted by molar-refractivity contribution is 5.13. The van der Waals surface area contributed by atoms with Crippen LogP contribution in [0.2, 0.25) is 0 Å². The molecule has 0 aromatic heterocycles. The van der Waals surface area contributed by atoms with Crippen molar-refractivity contribution in [2.75, 3.05) is 0 Å². The lowest BCUT2D eigenvalue weighted by Crippen LogP contribution is -2.65. The lowest BCUT2D eigenvalue weighted by Gasteiger charge is -2.63. The summed E-state index contributed by atoms with van der Waals surface area (Å²) in [6.07, 6.45) is 14.8. The van der Waals surface area contributed by atoms with E-state index in [-0.39, 0.29) is 0 Å². The van der Waals surface area contributed by atoms with Gasteiger partial charge in [-0.15, -0.1) is 0 Å². The minimum Gasteiger partial charge on any atom is -0.328 e. The summed E-state index contributed by atoms with van der Waals surface area (Å²) in [5.41, 5.74) is 6.92. The van der Waals surface area contributed by atoms with E-state index in [1.807, 2.05) is 0 Å². The van der Waals surface area contributed by atoms with Crippen LogP contribution in [-0.2, 0) is 0 Å². The first kappa shape index (κ1) is 11.6. The van der Waals surface area contributed by atoms with E-state index in [1.165, 1.54) is 25.7 Å². The lowest BCUT2D eigenvalue weighted by atomic mass is 9.52. The highest BCUT2D eigenvalue weighted by Gasteiger charge is 2.58. The Morgan fingerprint density at radius 1 is 0.737 bits per heavy atom. The van der Waals surface area contributed by atoms with E-state index in [4.69, 9.17) is 5.73 Å². The third kappa shape index (κ3) is 1.56. The Bertz CT molecular complexity index is 341. The summed E-state index contributed by atoms with van der Waals surface area (Å²) in [5.74, 6) is 3.25. The molecule has 106 valence electrons. The van der Waals surface area contributed by atoms with Gasteiger partial charge in [0, 0.05) is 23.7 Å². The molecule has 19 heavy (non-hydrogen) atoms. The molecule has 2 atom stereocenters. The zero-order valence-corrected chi connectivity index (χ0v) is 12.1. The van der Waals surface area contributed by atoms with Crippen molar-refractivity contribution in [2.45, 2.75) is 87.9 Å². The van der Waals surface area contributed by atoms with Crippen LogP contribution in [0.1, 0.15) is 64.2 Å². The van der Waals surface area contributed by atoms with Gasteiger partial charge in [0.1, 0.15) is 0 Å². The van der Waals surface area contributed by atoms with Crippen LogP contribution in [0, 0.1) is 17.8 Å². The van der Waals surface area contributed by atoms with Crippen molar-refractivity contribution >= 4 is 0 Å². The molecular formula is C17H28N2. The van der Waals surface area contributed by atoms with Crippen molar-refractivity contribution in [3.05, 3.63) is 0 Å². The van der Waals surface area contributed by atoms with Gasteiger partial charge in [-0.05, 0) is 82.0 Å². The molecule has 6 bridgehead atoms. The molecule has 0 amide bonds. The molecule has 4 aliphatic carbocycles. The predicted octanol–water partition coefficient (Wildman–Crippen LogP) is 2.91. The van der Waals surface area contributed by atoms with E-state index in [9.17, 15) is 0 Å². The Morgan fingerprint density at radius 2 is 1.21 bits per heavy atom. The minimum atomic E-state index is 0.502. The molecule has 2 aliphatic heterocycles. The highest BCUT2D eigenvalue weighted by Crippen LogP contribution is 2.60. The molecule has 6 rings (SSSR count). The van der Waals surface area contributed by atoms with E-state index in [2.05, 4.69) is 4.90 Å². The average Bonchev–Trinajstić information content (AvgIpc) is 2.61. The van der Waals surface area contributed by atoms with Crippen LogP contribution in [0.25, 0.3) is 0 Å². The summed E-state index contributed by atoms with van der Waals surface area (Å²) in [7, 11) is 0. The molecule has 2 heteroatoms. The smallest absolute Gasteiger partial charge is 0.0223 e. The largest absolute Gasteiger partial charge is 0.328 e. The van der Waals surface area contributed by atoms with Crippen LogP contribution < -0.4 is 5.73 Å². The molecule has 0 aromatic rings. The van der Waals surface area contributed by atoms with E-state index in [0.717, 1.165) is 29.8 Å². The van der Waals surface area contributed by atoms with Crippen molar-refractivity contribution in [1.29, 1.82) is 0 Å². The molecule has 2 heterocycles. The van der Waals surface area contributed by atoms with Crippen LogP contribution in [0.5, 0.6) is 0 Å². The van der Waals surface area contributed by atoms with Gasteiger partial charge < -0.3 is 5.73 Å². The van der Waals surface area contributed by atoms with Crippen molar-refractivity contribution < 1.29 is 0 Å². The molecule has 6 fully saturated rings. The molecule has 2 N–H and O–H groups in total. The zero-order valence-electron chi connectivity index (χ0n) is 12.1. The standard InChI is InChI=1S/C17H28N2/c18-14-6-15-1-2-16(7-14)19(15)17-8-11-3-12(9-17)5-13(4-11)10-17/h11-16H,1-10,18H2. The van der Waals surface area contributed by atoms with Crippen LogP contribution in [0.3, 0.4) is 0 Å². The molecule has 0 radical (unpaired) electrons. The second kappa shape index (κ2) is 3.76. The Balaban J connectivity index is 1.49. The summed E-state index contributed by atoms with van der Waals surface area (Å²) < 4.78 is 0. The SMILES string of the molecule is NC1CC2CCC(C1)N2C12CC3CC(CC(C3)C1)C2. The van der Waals surface area contributed by atoms with Gasteiger partial charge in [0.25, 0.3) is 0 Å². The second-order valence-corrected chi connectivity index (χ2v) is 8.67. The van der Waals surface area contributed by atoms with Crippen molar-refractivity contribution in [3.63, 3.8) is 0 Å². The van der Waals surface area contributed by atoms with E-state index < -0.39 is 0 Å². The maximum atomic E-state index is 6.28. The topological polar surface area (TPSA) is 29.3 Å². The number of hydrogen-bond donors (Lipinski definition) is 1. The Hall–Kier alpha value is -0.0800. The lowest BCUT2D eigenvalue weighted by molar-refractivity contribution is -0.118. The Morgan fingerprint density at radius 3 is 1.68 bits per heavy atom. The van der Waals surface area contributed by atoms with E-state index >= 15 is 0 Å². The van der Waals surface area contributed by atoms with E-state index in [0.29, 0.717) is 11.6 Å². The molecule has 2 saturated heterocycles. The number of nitrogens with two attached hydrogens (primary N) is 1. The maximum absolute atomic E-state index is 6.28. The second-order valence-electron chi connectivity index (χ2n) is 8.67. The molecular weight excluding hydrogens is 232 g/mol.